The van der Waals surface area contributed by atoms with Crippen LogP contribution >= 0.6 is 0 Å². The van der Waals surface area contributed by atoms with E-state index in [2.05, 4.69) is 50.7 Å². The third-order valence-corrected chi connectivity index (χ3v) is 8.96. The smallest absolute Gasteiger partial charge is 0.328 e. The highest BCUT2D eigenvalue weighted by Gasteiger charge is 2.24. The number of rotatable bonds is 6. The Morgan fingerprint density at radius 2 is 1.47 bits per heavy atom. The summed E-state index contributed by atoms with van der Waals surface area (Å²) < 4.78 is 14.5. The highest BCUT2D eigenvalue weighted by Crippen LogP contribution is 2.22. The second kappa shape index (κ2) is 8.69. The quantitative estimate of drug-likeness (QED) is 0.504. The Labute approximate surface area is 179 Å². The van der Waals surface area contributed by atoms with E-state index >= 15 is 0 Å². The minimum absolute atomic E-state index is 0.192. The molecule has 0 radical (unpaired) electrons. The third-order valence-electron chi connectivity index (χ3n) is 4.92. The fraction of sp³-hybridized carbons (Fsp3) is 0.304. The van der Waals surface area contributed by atoms with Crippen LogP contribution in [0.3, 0.4) is 0 Å². The van der Waals surface area contributed by atoms with E-state index in [1.54, 1.807) is 6.07 Å². The Hall–Kier alpha value is -2.52. The van der Waals surface area contributed by atoms with Crippen molar-refractivity contribution in [3.63, 3.8) is 0 Å². The molecule has 0 saturated heterocycles. The van der Waals surface area contributed by atoms with Gasteiger partial charge in [-0.1, -0.05) is 67.9 Å². The zero-order valence-corrected chi connectivity index (χ0v) is 20.7. The molecule has 2 rings (SSSR count). The van der Waals surface area contributed by atoms with Crippen LogP contribution < -0.4 is 15.7 Å². The van der Waals surface area contributed by atoms with E-state index in [0.29, 0.717) is 16.8 Å². The summed E-state index contributed by atoms with van der Waals surface area (Å²) in [7, 11) is -3.25. The molecule has 1 amide bonds. The lowest BCUT2D eigenvalue weighted by molar-refractivity contribution is -0.131. The lowest BCUT2D eigenvalue weighted by Crippen LogP contribution is -2.46. The van der Waals surface area contributed by atoms with Gasteiger partial charge in [0.1, 0.15) is 5.82 Å². The Bertz CT molecular complexity index is 986. The van der Waals surface area contributed by atoms with Gasteiger partial charge in [0, 0.05) is 22.9 Å². The van der Waals surface area contributed by atoms with Gasteiger partial charge in [-0.25, -0.2) is 9.18 Å². The van der Waals surface area contributed by atoms with Crippen LogP contribution in [0.1, 0.15) is 22.8 Å². The van der Waals surface area contributed by atoms with Crippen LogP contribution in [0, 0.1) is 5.82 Å². The molecule has 0 heterocycles. The number of benzene rings is 2. The van der Waals surface area contributed by atoms with Crippen molar-refractivity contribution in [3.05, 3.63) is 59.4 Å². The van der Waals surface area contributed by atoms with Gasteiger partial charge >= 0.3 is 5.97 Å². The van der Waals surface area contributed by atoms with Gasteiger partial charge in [0.2, 0.25) is 0 Å². The molecule has 0 aliphatic carbocycles. The predicted molar refractivity (Wildman–Crippen MR) is 128 cm³/mol. The van der Waals surface area contributed by atoms with E-state index in [1.165, 1.54) is 29.4 Å². The Kier molecular flexibility index (Phi) is 6.88. The number of carbonyl (C=O) groups excluding carboxylic acids is 1. The van der Waals surface area contributed by atoms with Gasteiger partial charge in [0.25, 0.3) is 5.91 Å². The van der Waals surface area contributed by atoms with Crippen LogP contribution in [0.5, 0.6) is 0 Å². The standard InChI is InChI=1S/C23H30FNO3Si2/c1-15(10-22(26)27)20-9-8-17(13-21(20)24)25-23(28)16-11-18(29(2,3)4)14-19(12-16)30(5,6)7/h8-14H,1-7H3,(H,25,28)(H,26,27). The molecule has 2 aromatic carbocycles. The normalized spacial score (nSPS) is 12.6. The molecular weight excluding hydrogens is 413 g/mol. The summed E-state index contributed by atoms with van der Waals surface area (Å²) in [6, 6.07) is 10.4. The van der Waals surface area contributed by atoms with Gasteiger partial charge in [-0.3, -0.25) is 4.79 Å². The van der Waals surface area contributed by atoms with Gasteiger partial charge in [0.15, 0.2) is 0 Å². The maximum absolute atomic E-state index is 14.5. The van der Waals surface area contributed by atoms with Crippen molar-refractivity contribution in [1.29, 1.82) is 0 Å². The Morgan fingerprint density at radius 1 is 0.933 bits per heavy atom. The molecule has 0 unspecified atom stereocenters. The number of allylic oxidation sites excluding steroid dienone is 1. The van der Waals surface area contributed by atoms with Gasteiger partial charge in [-0.2, -0.15) is 0 Å². The first-order valence-corrected chi connectivity index (χ1v) is 16.9. The van der Waals surface area contributed by atoms with Crippen LogP contribution in [-0.4, -0.2) is 33.1 Å². The number of anilines is 1. The predicted octanol–water partition coefficient (Wildman–Crippen LogP) is 4.66. The highest BCUT2D eigenvalue weighted by molar-refractivity contribution is 6.91. The number of hydrogen-bond donors (Lipinski definition) is 2. The minimum Gasteiger partial charge on any atom is -0.478 e. The molecular formula is C23H30FNO3Si2. The van der Waals surface area contributed by atoms with Gasteiger partial charge in [-0.15, -0.1) is 0 Å². The summed E-state index contributed by atoms with van der Waals surface area (Å²) in [6.07, 6.45) is 0.955. The lowest BCUT2D eigenvalue weighted by atomic mass is 10.1. The number of halogens is 1. The number of carboxylic acids is 1. The van der Waals surface area contributed by atoms with E-state index in [4.69, 9.17) is 5.11 Å². The molecule has 0 fully saturated rings. The fourth-order valence-electron chi connectivity index (χ4n) is 3.00. The molecule has 0 aliphatic heterocycles. The highest BCUT2D eigenvalue weighted by atomic mass is 28.3. The fourth-order valence-corrected chi connectivity index (χ4v) is 5.50. The van der Waals surface area contributed by atoms with E-state index < -0.39 is 27.9 Å². The van der Waals surface area contributed by atoms with Crippen molar-refractivity contribution in [1.82, 2.24) is 0 Å². The van der Waals surface area contributed by atoms with Crippen LogP contribution in [0.25, 0.3) is 5.57 Å². The van der Waals surface area contributed by atoms with E-state index in [0.717, 1.165) is 6.08 Å². The summed E-state index contributed by atoms with van der Waals surface area (Å²) in [4.78, 5) is 23.8. The number of nitrogens with one attached hydrogen (secondary N) is 1. The van der Waals surface area contributed by atoms with Crippen LogP contribution in [0.4, 0.5) is 10.1 Å². The first-order valence-electron chi connectivity index (χ1n) is 9.87. The van der Waals surface area contributed by atoms with E-state index in [9.17, 15) is 14.0 Å². The average molecular weight is 444 g/mol. The SMILES string of the molecule is CC(=CC(=O)O)c1ccc(NC(=O)c2cc([Si](C)(C)C)cc([Si](C)(C)C)c2)cc1F. The average Bonchev–Trinajstić information content (AvgIpc) is 2.59. The molecule has 30 heavy (non-hydrogen) atoms. The van der Waals surface area contributed by atoms with Crippen molar-refractivity contribution in [3.8, 4) is 0 Å². The number of hydrogen-bond acceptors (Lipinski definition) is 2. The second-order valence-corrected chi connectivity index (χ2v) is 19.8. The molecule has 0 spiro atoms. The van der Waals surface area contributed by atoms with E-state index in [1.807, 2.05) is 12.1 Å². The maximum Gasteiger partial charge on any atom is 0.328 e. The van der Waals surface area contributed by atoms with Crippen molar-refractivity contribution in [2.24, 2.45) is 0 Å². The van der Waals surface area contributed by atoms with Gasteiger partial charge in [-0.05, 0) is 30.7 Å². The lowest BCUT2D eigenvalue weighted by Gasteiger charge is -2.24. The molecule has 0 bridgehead atoms. The molecule has 0 aliphatic rings. The van der Waals surface area contributed by atoms with Crippen molar-refractivity contribution < 1.29 is 19.1 Å². The number of aliphatic carboxylic acids is 1. The Morgan fingerprint density at radius 3 is 1.90 bits per heavy atom. The molecule has 0 atom stereocenters. The van der Waals surface area contributed by atoms with Crippen LogP contribution in [0.2, 0.25) is 39.3 Å². The van der Waals surface area contributed by atoms with Crippen LogP contribution in [0.15, 0.2) is 42.5 Å². The monoisotopic (exact) mass is 443 g/mol. The number of amides is 1. The first kappa shape index (κ1) is 23.8. The molecule has 0 aromatic heterocycles. The summed E-state index contributed by atoms with van der Waals surface area (Å²) in [5.74, 6) is -1.99. The second-order valence-electron chi connectivity index (χ2n) is 9.61. The summed E-state index contributed by atoms with van der Waals surface area (Å²) in [6.45, 7) is 15.0. The van der Waals surface area contributed by atoms with Gasteiger partial charge < -0.3 is 10.4 Å². The third kappa shape index (κ3) is 5.99. The van der Waals surface area contributed by atoms with Crippen molar-refractivity contribution >= 4 is 49.7 Å². The molecule has 160 valence electrons. The van der Waals surface area contributed by atoms with Crippen molar-refractivity contribution in [2.75, 3.05) is 5.32 Å². The first-order chi connectivity index (χ1) is 13.7. The Balaban J connectivity index is 2.38. The summed E-state index contributed by atoms with van der Waals surface area (Å²) in [5, 5.41) is 14.1. The van der Waals surface area contributed by atoms with Gasteiger partial charge in [0.05, 0.1) is 16.1 Å². The topological polar surface area (TPSA) is 66.4 Å². The van der Waals surface area contributed by atoms with Crippen LogP contribution in [-0.2, 0) is 4.79 Å². The number of carbonyl (C=O) groups is 2. The zero-order chi connectivity index (χ0) is 22.9. The van der Waals surface area contributed by atoms with E-state index in [-0.39, 0.29) is 11.5 Å². The molecule has 4 nitrogen and oxygen atoms in total. The summed E-state index contributed by atoms with van der Waals surface area (Å²) in [5.41, 5.74) is 1.41. The maximum atomic E-state index is 14.5. The molecule has 0 saturated carbocycles. The molecule has 7 heteroatoms. The number of carboxylic acid groups (broad SMARTS) is 1. The minimum atomic E-state index is -1.63. The molecule has 2 aromatic rings. The molecule has 2 N–H and O–H groups in total. The largest absolute Gasteiger partial charge is 0.478 e. The summed E-state index contributed by atoms with van der Waals surface area (Å²) >= 11 is 0. The van der Waals surface area contributed by atoms with Crippen molar-refractivity contribution in [2.45, 2.75) is 46.2 Å². The zero-order valence-electron chi connectivity index (χ0n) is 18.7.